The molecule has 164 valence electrons. The van der Waals surface area contributed by atoms with Gasteiger partial charge in [-0.3, -0.25) is 14.5 Å². The first-order valence-corrected chi connectivity index (χ1v) is 11.0. The Labute approximate surface area is 180 Å². The Morgan fingerprint density at radius 1 is 1.27 bits per heavy atom. The number of hydrogen-bond acceptors (Lipinski definition) is 5. The van der Waals surface area contributed by atoms with Gasteiger partial charge in [0.05, 0.1) is 5.02 Å². The lowest BCUT2D eigenvalue weighted by atomic mass is 9.73. The summed E-state index contributed by atoms with van der Waals surface area (Å²) in [6.07, 6.45) is 2.86. The fourth-order valence-corrected chi connectivity index (χ4v) is 5.04. The average Bonchev–Trinajstić information content (AvgIpc) is 3.24. The van der Waals surface area contributed by atoms with Crippen molar-refractivity contribution >= 4 is 23.4 Å². The smallest absolute Gasteiger partial charge is 0.258 e. The van der Waals surface area contributed by atoms with Gasteiger partial charge >= 0.3 is 0 Å². The van der Waals surface area contributed by atoms with Gasteiger partial charge in [0.1, 0.15) is 17.6 Å². The summed E-state index contributed by atoms with van der Waals surface area (Å²) in [6, 6.07) is 4.07. The molecular formula is C21H28ClFN4O3. The molecule has 5 atom stereocenters. The number of hydrogen-bond donors (Lipinski definition) is 3. The van der Waals surface area contributed by atoms with E-state index in [0.717, 1.165) is 38.5 Å². The van der Waals surface area contributed by atoms with Crippen LogP contribution < -0.4 is 20.7 Å². The molecular weight excluding hydrogens is 411 g/mol. The quantitative estimate of drug-likeness (QED) is 0.601. The van der Waals surface area contributed by atoms with Gasteiger partial charge in [-0.2, -0.15) is 0 Å². The molecule has 4 rings (SSSR count). The first kappa shape index (κ1) is 21.3. The number of amides is 2. The molecule has 30 heavy (non-hydrogen) atoms. The van der Waals surface area contributed by atoms with E-state index in [1.54, 1.807) is 0 Å². The Kier molecular flexibility index (Phi) is 6.46. The maximum Gasteiger partial charge on any atom is 0.258 e. The van der Waals surface area contributed by atoms with Crippen LogP contribution in [0.5, 0.6) is 5.75 Å². The number of benzene rings is 1. The normalized spacial score (nSPS) is 30.4. The predicted octanol–water partition coefficient (Wildman–Crippen LogP) is 1.51. The summed E-state index contributed by atoms with van der Waals surface area (Å²) in [7, 11) is 0. The highest BCUT2D eigenvalue weighted by molar-refractivity contribution is 6.30. The van der Waals surface area contributed by atoms with Gasteiger partial charge in [0.15, 0.2) is 6.61 Å². The van der Waals surface area contributed by atoms with E-state index in [-0.39, 0.29) is 47.3 Å². The number of likely N-dealkylation sites (N-methyl/N-ethyl adjacent to an activating group) is 1. The summed E-state index contributed by atoms with van der Waals surface area (Å²) < 4.78 is 18.9. The molecule has 1 aromatic rings. The molecule has 1 aromatic carbocycles. The molecule has 0 bridgehead atoms. The van der Waals surface area contributed by atoms with E-state index >= 15 is 0 Å². The van der Waals surface area contributed by atoms with Crippen LogP contribution >= 0.6 is 11.6 Å². The minimum Gasteiger partial charge on any atom is -0.484 e. The van der Waals surface area contributed by atoms with Gasteiger partial charge < -0.3 is 20.7 Å². The molecule has 9 heteroatoms. The van der Waals surface area contributed by atoms with Crippen LogP contribution in [0.25, 0.3) is 0 Å². The largest absolute Gasteiger partial charge is 0.484 e. The number of ether oxygens (including phenoxy) is 1. The Bertz CT molecular complexity index is 810. The molecule has 0 aromatic heterocycles. The zero-order valence-corrected chi connectivity index (χ0v) is 17.8. The highest BCUT2D eigenvalue weighted by Gasteiger charge is 2.50. The van der Waals surface area contributed by atoms with E-state index in [4.69, 9.17) is 16.3 Å². The standard InChI is InChI=1S/C21H28ClFN4O3/c1-2-27-11-24-9-19(27)21(29)26-18-8-17(13-4-5-14(13)18)25-20(28)10-30-12-3-6-15(22)16(23)7-12/h3,6-7,13-14,17-19,24H,2,4-5,8-11H2,1H3,(H,25,28)(H,26,29)/t13?,14?,17-,18?,19?/m0/s1. The molecule has 1 saturated heterocycles. The lowest BCUT2D eigenvalue weighted by molar-refractivity contribution is -0.126. The number of halogens is 2. The summed E-state index contributed by atoms with van der Waals surface area (Å²) in [5, 5.41) is 9.53. The van der Waals surface area contributed by atoms with Crippen molar-refractivity contribution in [1.82, 2.24) is 20.9 Å². The Morgan fingerprint density at radius 2 is 2.00 bits per heavy atom. The zero-order chi connectivity index (χ0) is 21.3. The van der Waals surface area contributed by atoms with Crippen LogP contribution in [0, 0.1) is 17.7 Å². The first-order chi connectivity index (χ1) is 14.5. The topological polar surface area (TPSA) is 82.7 Å². The van der Waals surface area contributed by atoms with Crippen LogP contribution in [0.15, 0.2) is 18.2 Å². The number of nitrogens with one attached hydrogen (secondary N) is 3. The number of carbonyl (C=O) groups is 2. The van der Waals surface area contributed by atoms with Crippen LogP contribution in [-0.4, -0.2) is 61.2 Å². The van der Waals surface area contributed by atoms with E-state index in [9.17, 15) is 14.0 Å². The molecule has 7 nitrogen and oxygen atoms in total. The molecule has 2 saturated carbocycles. The van der Waals surface area contributed by atoms with Crippen LogP contribution in [0.1, 0.15) is 26.2 Å². The van der Waals surface area contributed by atoms with Gasteiger partial charge in [-0.15, -0.1) is 0 Å². The van der Waals surface area contributed by atoms with Crippen molar-refractivity contribution in [2.75, 3.05) is 26.4 Å². The fraction of sp³-hybridized carbons (Fsp3) is 0.619. The van der Waals surface area contributed by atoms with Gasteiger partial charge in [0.25, 0.3) is 5.91 Å². The van der Waals surface area contributed by atoms with Gasteiger partial charge in [-0.05, 0) is 49.8 Å². The third-order valence-corrected chi connectivity index (χ3v) is 6.97. The summed E-state index contributed by atoms with van der Waals surface area (Å²) in [5.41, 5.74) is 0. The molecule has 1 aliphatic heterocycles. The SMILES string of the molecule is CCN1CNCC1C(=O)NC1C[C@H](NC(=O)COc2ccc(Cl)c(F)c2)C2CCC12. The van der Waals surface area contributed by atoms with E-state index in [0.29, 0.717) is 18.4 Å². The molecule has 2 amide bonds. The second-order valence-electron chi connectivity index (χ2n) is 8.33. The second-order valence-corrected chi connectivity index (χ2v) is 8.73. The molecule has 0 spiro atoms. The maximum atomic E-state index is 13.5. The summed E-state index contributed by atoms with van der Waals surface area (Å²) in [6.45, 7) is 4.10. The molecule has 4 unspecified atom stereocenters. The highest BCUT2D eigenvalue weighted by atomic mass is 35.5. The fourth-order valence-electron chi connectivity index (χ4n) is 4.92. The minimum absolute atomic E-state index is 0.0114. The third-order valence-electron chi connectivity index (χ3n) is 6.66. The number of rotatable bonds is 7. The Morgan fingerprint density at radius 3 is 2.67 bits per heavy atom. The van der Waals surface area contributed by atoms with Gasteiger partial charge in [-0.1, -0.05) is 18.5 Å². The molecule has 3 aliphatic rings. The van der Waals surface area contributed by atoms with Crippen molar-refractivity contribution < 1.29 is 18.7 Å². The number of nitrogens with zero attached hydrogens (tertiary/aromatic N) is 1. The third kappa shape index (κ3) is 4.40. The van der Waals surface area contributed by atoms with Gasteiger partial charge in [0, 0.05) is 31.4 Å². The van der Waals surface area contributed by atoms with E-state index in [1.165, 1.54) is 12.1 Å². The van der Waals surface area contributed by atoms with E-state index in [1.807, 2.05) is 0 Å². The lowest BCUT2D eigenvalue weighted by Crippen LogP contribution is -2.50. The van der Waals surface area contributed by atoms with Crippen molar-refractivity contribution in [3.05, 3.63) is 29.0 Å². The van der Waals surface area contributed by atoms with Crippen LogP contribution in [0.4, 0.5) is 4.39 Å². The molecule has 0 radical (unpaired) electrons. The molecule has 1 heterocycles. The van der Waals surface area contributed by atoms with Gasteiger partial charge in [0.2, 0.25) is 5.91 Å². The van der Waals surface area contributed by atoms with Gasteiger partial charge in [-0.25, -0.2) is 4.39 Å². The summed E-state index contributed by atoms with van der Waals surface area (Å²) in [5.74, 6) is 0.296. The van der Waals surface area contributed by atoms with E-state index in [2.05, 4.69) is 27.8 Å². The van der Waals surface area contributed by atoms with Crippen molar-refractivity contribution in [2.45, 2.75) is 44.3 Å². The van der Waals surface area contributed by atoms with Crippen molar-refractivity contribution in [3.8, 4) is 5.75 Å². The maximum absolute atomic E-state index is 13.5. The predicted molar refractivity (Wildman–Crippen MR) is 111 cm³/mol. The summed E-state index contributed by atoms with van der Waals surface area (Å²) in [4.78, 5) is 27.2. The monoisotopic (exact) mass is 438 g/mol. The van der Waals surface area contributed by atoms with Crippen molar-refractivity contribution in [3.63, 3.8) is 0 Å². The minimum atomic E-state index is -0.583. The van der Waals surface area contributed by atoms with Crippen LogP contribution in [0.3, 0.4) is 0 Å². The van der Waals surface area contributed by atoms with E-state index < -0.39 is 5.82 Å². The molecule has 3 N–H and O–H groups in total. The van der Waals surface area contributed by atoms with Crippen LogP contribution in [-0.2, 0) is 9.59 Å². The number of fused-ring (bicyclic) bond motifs is 1. The second kappa shape index (κ2) is 9.08. The summed E-state index contributed by atoms with van der Waals surface area (Å²) >= 11 is 5.65. The van der Waals surface area contributed by atoms with Crippen molar-refractivity contribution in [1.29, 1.82) is 0 Å². The first-order valence-electron chi connectivity index (χ1n) is 10.6. The van der Waals surface area contributed by atoms with Crippen molar-refractivity contribution in [2.24, 2.45) is 11.8 Å². The molecule has 2 aliphatic carbocycles. The van der Waals surface area contributed by atoms with Crippen LogP contribution in [0.2, 0.25) is 5.02 Å². The molecule has 3 fully saturated rings. The Hall–Kier alpha value is -1.90. The number of carbonyl (C=O) groups excluding carboxylic acids is 2. The Balaban J connectivity index is 1.27. The average molecular weight is 439 g/mol. The lowest BCUT2D eigenvalue weighted by Gasteiger charge is -2.37. The zero-order valence-electron chi connectivity index (χ0n) is 17.0. The highest BCUT2D eigenvalue weighted by Crippen LogP contribution is 2.47.